The third-order valence-electron chi connectivity index (χ3n) is 3.58. The molecule has 128 valence electrons. The van der Waals surface area contributed by atoms with E-state index in [-0.39, 0.29) is 12.6 Å². The van der Waals surface area contributed by atoms with E-state index in [1.54, 1.807) is 0 Å². The molecule has 0 radical (unpaired) electrons. The van der Waals surface area contributed by atoms with Crippen LogP contribution >= 0.6 is 0 Å². The Morgan fingerprint density at radius 1 is 0.957 bits per heavy atom. The van der Waals surface area contributed by atoms with Crippen LogP contribution in [0.5, 0.6) is 0 Å². The van der Waals surface area contributed by atoms with Crippen LogP contribution in [0.3, 0.4) is 0 Å². The van der Waals surface area contributed by atoms with Gasteiger partial charge in [0.2, 0.25) is 0 Å². The number of carbonyl (C=O) groups excluding carboxylic acids is 1. The van der Waals surface area contributed by atoms with Crippen LogP contribution in [0.25, 0.3) is 0 Å². The molecular weight excluding hydrogens is 296 g/mol. The van der Waals surface area contributed by atoms with Crippen molar-refractivity contribution >= 4 is 12.1 Å². The summed E-state index contributed by atoms with van der Waals surface area (Å²) < 4.78 is 9.53. The molecule has 0 aliphatic heterocycles. The van der Waals surface area contributed by atoms with Gasteiger partial charge >= 0.3 is 12.1 Å². The Morgan fingerprint density at radius 2 is 1.61 bits per heavy atom. The summed E-state index contributed by atoms with van der Waals surface area (Å²) in [6.45, 7) is 2.48. The second-order valence-corrected chi connectivity index (χ2v) is 5.36. The molecule has 0 amide bonds. The summed E-state index contributed by atoms with van der Waals surface area (Å²) in [5, 5.41) is 8.33. The maximum Gasteiger partial charge on any atom is 0.505 e. The number of aryl methyl sites for hydroxylation is 1. The Balaban J connectivity index is 2.19. The van der Waals surface area contributed by atoms with Gasteiger partial charge in [-0.05, 0) is 37.8 Å². The molecule has 1 aromatic rings. The van der Waals surface area contributed by atoms with Gasteiger partial charge in [0.25, 0.3) is 0 Å². The minimum absolute atomic E-state index is 0.249. The van der Waals surface area contributed by atoms with Gasteiger partial charge in [-0.1, -0.05) is 43.9 Å². The van der Waals surface area contributed by atoms with Gasteiger partial charge in [0.1, 0.15) is 0 Å². The average Bonchev–Trinajstić information content (AvgIpc) is 2.53. The second kappa shape index (κ2) is 11.5. The van der Waals surface area contributed by atoms with Crippen molar-refractivity contribution in [2.24, 2.45) is 0 Å². The standard InChI is InChI=1S/C18H26O5/c1-2-22-17(19)16-13-9-8-12-15(16)11-7-5-3-4-6-10-14-23-18(20)21/h8-9,12-13H,2-7,10-11,14H2,1H3,(H,20,21). The molecule has 0 spiro atoms. The van der Waals surface area contributed by atoms with E-state index in [4.69, 9.17) is 9.84 Å². The van der Waals surface area contributed by atoms with Crippen LogP contribution in [0, 0.1) is 0 Å². The molecule has 23 heavy (non-hydrogen) atoms. The fourth-order valence-corrected chi connectivity index (χ4v) is 2.43. The van der Waals surface area contributed by atoms with E-state index in [0.29, 0.717) is 12.2 Å². The first-order valence-electron chi connectivity index (χ1n) is 8.26. The minimum atomic E-state index is -1.20. The molecule has 0 atom stereocenters. The monoisotopic (exact) mass is 322 g/mol. The second-order valence-electron chi connectivity index (χ2n) is 5.36. The highest BCUT2D eigenvalue weighted by Gasteiger charge is 2.11. The van der Waals surface area contributed by atoms with Gasteiger partial charge in [0.05, 0.1) is 18.8 Å². The highest BCUT2D eigenvalue weighted by atomic mass is 16.7. The summed E-state index contributed by atoms with van der Waals surface area (Å²) in [5.74, 6) is -0.249. The molecule has 1 aromatic carbocycles. The van der Waals surface area contributed by atoms with E-state index in [0.717, 1.165) is 50.5 Å². The van der Waals surface area contributed by atoms with Crippen molar-refractivity contribution < 1.29 is 24.2 Å². The highest BCUT2D eigenvalue weighted by Crippen LogP contribution is 2.15. The van der Waals surface area contributed by atoms with E-state index in [2.05, 4.69) is 4.74 Å². The van der Waals surface area contributed by atoms with E-state index >= 15 is 0 Å². The molecule has 0 saturated carbocycles. The van der Waals surface area contributed by atoms with Crippen molar-refractivity contribution in [3.8, 4) is 0 Å². The zero-order valence-corrected chi connectivity index (χ0v) is 13.8. The summed E-state index contributed by atoms with van der Waals surface area (Å²) in [6, 6.07) is 7.60. The Bertz CT molecular complexity index is 484. The van der Waals surface area contributed by atoms with Gasteiger partial charge in [0, 0.05) is 0 Å². The summed E-state index contributed by atoms with van der Waals surface area (Å²) >= 11 is 0. The normalized spacial score (nSPS) is 10.3. The fraction of sp³-hybridized carbons (Fsp3) is 0.556. The molecule has 1 rings (SSSR count). The van der Waals surface area contributed by atoms with E-state index < -0.39 is 6.16 Å². The fourth-order valence-electron chi connectivity index (χ4n) is 2.43. The van der Waals surface area contributed by atoms with Gasteiger partial charge in [-0.25, -0.2) is 9.59 Å². The molecule has 0 aliphatic rings. The maximum atomic E-state index is 11.9. The van der Waals surface area contributed by atoms with Crippen LogP contribution in [0.1, 0.15) is 61.4 Å². The predicted octanol–water partition coefficient (Wildman–Crippen LogP) is 4.44. The first-order valence-corrected chi connectivity index (χ1v) is 8.26. The number of hydrogen-bond acceptors (Lipinski definition) is 4. The van der Waals surface area contributed by atoms with Crippen molar-refractivity contribution in [1.82, 2.24) is 0 Å². The lowest BCUT2D eigenvalue weighted by Gasteiger charge is -2.08. The number of carboxylic acid groups (broad SMARTS) is 1. The average molecular weight is 322 g/mol. The topological polar surface area (TPSA) is 72.8 Å². The lowest BCUT2D eigenvalue weighted by atomic mass is 10.0. The summed E-state index contributed by atoms with van der Waals surface area (Å²) in [6.07, 6.45) is 5.73. The van der Waals surface area contributed by atoms with Crippen LogP contribution < -0.4 is 0 Å². The van der Waals surface area contributed by atoms with Crippen LogP contribution in [0.2, 0.25) is 0 Å². The first-order chi connectivity index (χ1) is 11.1. The molecule has 0 aliphatic carbocycles. The van der Waals surface area contributed by atoms with Gasteiger partial charge < -0.3 is 14.6 Å². The number of hydrogen-bond donors (Lipinski definition) is 1. The number of rotatable bonds is 11. The number of ether oxygens (including phenoxy) is 2. The third kappa shape index (κ3) is 8.24. The predicted molar refractivity (Wildman–Crippen MR) is 87.8 cm³/mol. The molecule has 0 saturated heterocycles. The zero-order valence-electron chi connectivity index (χ0n) is 13.8. The summed E-state index contributed by atoms with van der Waals surface area (Å²) in [5.41, 5.74) is 1.71. The number of unbranched alkanes of at least 4 members (excludes halogenated alkanes) is 5. The number of carbonyl (C=O) groups is 2. The summed E-state index contributed by atoms with van der Waals surface area (Å²) in [7, 11) is 0. The molecular formula is C18H26O5. The van der Waals surface area contributed by atoms with Crippen LogP contribution in [-0.4, -0.2) is 30.4 Å². The quantitative estimate of drug-likeness (QED) is 0.481. The van der Waals surface area contributed by atoms with E-state index in [9.17, 15) is 9.59 Å². The van der Waals surface area contributed by atoms with Crippen molar-refractivity contribution in [2.75, 3.05) is 13.2 Å². The van der Waals surface area contributed by atoms with Crippen LogP contribution in [0.4, 0.5) is 4.79 Å². The van der Waals surface area contributed by atoms with Crippen molar-refractivity contribution in [2.45, 2.75) is 51.9 Å². The Hall–Kier alpha value is -2.04. The van der Waals surface area contributed by atoms with Crippen molar-refractivity contribution in [1.29, 1.82) is 0 Å². The number of benzene rings is 1. The van der Waals surface area contributed by atoms with Gasteiger partial charge in [-0.2, -0.15) is 0 Å². The van der Waals surface area contributed by atoms with Crippen LogP contribution in [-0.2, 0) is 15.9 Å². The Kier molecular flexibility index (Phi) is 9.52. The van der Waals surface area contributed by atoms with Gasteiger partial charge in [0.15, 0.2) is 0 Å². The maximum absolute atomic E-state index is 11.9. The molecule has 0 bridgehead atoms. The molecule has 0 aromatic heterocycles. The van der Waals surface area contributed by atoms with Crippen LogP contribution in [0.15, 0.2) is 24.3 Å². The third-order valence-corrected chi connectivity index (χ3v) is 3.58. The zero-order chi connectivity index (χ0) is 16.9. The molecule has 0 fully saturated rings. The van der Waals surface area contributed by atoms with Gasteiger partial charge in [-0.3, -0.25) is 0 Å². The largest absolute Gasteiger partial charge is 0.505 e. The highest BCUT2D eigenvalue weighted by molar-refractivity contribution is 5.91. The minimum Gasteiger partial charge on any atom is -0.462 e. The lowest BCUT2D eigenvalue weighted by Crippen LogP contribution is -2.08. The van der Waals surface area contributed by atoms with E-state index in [1.165, 1.54) is 0 Å². The van der Waals surface area contributed by atoms with Crippen molar-refractivity contribution in [3.05, 3.63) is 35.4 Å². The Morgan fingerprint density at radius 3 is 2.30 bits per heavy atom. The van der Waals surface area contributed by atoms with E-state index in [1.807, 2.05) is 31.2 Å². The lowest BCUT2D eigenvalue weighted by molar-refractivity contribution is 0.0524. The molecule has 0 heterocycles. The smallest absolute Gasteiger partial charge is 0.462 e. The SMILES string of the molecule is CCOC(=O)c1ccccc1CCCCCCCCOC(=O)O. The first kappa shape index (κ1) is 19.0. The summed E-state index contributed by atoms with van der Waals surface area (Å²) in [4.78, 5) is 22.0. The Labute approximate surface area is 137 Å². The molecule has 5 heteroatoms. The molecule has 0 unspecified atom stereocenters. The van der Waals surface area contributed by atoms with Crippen molar-refractivity contribution in [3.63, 3.8) is 0 Å². The number of esters is 1. The van der Waals surface area contributed by atoms with Gasteiger partial charge in [-0.15, -0.1) is 0 Å². The molecule has 1 N–H and O–H groups in total. The molecule has 5 nitrogen and oxygen atoms in total.